The molecule has 3 N–H and O–H groups in total. The summed E-state index contributed by atoms with van der Waals surface area (Å²) in [6.45, 7) is 0. The van der Waals surface area contributed by atoms with Crippen LogP contribution >= 0.6 is 11.6 Å². The number of hydrogen-bond donors (Lipinski definition) is 2. The van der Waals surface area contributed by atoms with Crippen LogP contribution in [-0.4, -0.2) is 9.97 Å². The molecule has 1 aromatic rings. The third-order valence-electron chi connectivity index (χ3n) is 0.840. The summed E-state index contributed by atoms with van der Waals surface area (Å²) in [6, 6.07) is 0. The maximum absolute atomic E-state index is 10.5. The molecule has 0 aliphatic rings. The Morgan fingerprint density at radius 1 is 1.78 bits per heavy atom. The fraction of sp³-hybridized carbons (Fsp3) is 0. The first-order valence-corrected chi connectivity index (χ1v) is 2.58. The van der Waals surface area contributed by atoms with Gasteiger partial charge in [-0.05, 0) is 0 Å². The Labute approximate surface area is 55.7 Å². The smallest absolute Gasteiger partial charge is 0.275 e. The van der Waals surface area contributed by atoms with Gasteiger partial charge < -0.3 is 10.7 Å². The molecule has 0 aliphatic heterocycles. The van der Waals surface area contributed by atoms with E-state index in [0.717, 1.165) is 0 Å². The van der Waals surface area contributed by atoms with Crippen LogP contribution < -0.4 is 11.3 Å². The van der Waals surface area contributed by atoms with Gasteiger partial charge in [-0.3, -0.25) is 4.79 Å². The average molecular weight is 146 g/mol. The first kappa shape index (κ1) is 6.10. The highest BCUT2D eigenvalue weighted by atomic mass is 35.5. The molecular weight excluding hydrogens is 142 g/mol. The molecule has 4 nitrogen and oxygen atoms in total. The van der Waals surface area contributed by atoms with Crippen LogP contribution in [0, 0.1) is 0 Å². The number of rotatable bonds is 0. The van der Waals surface area contributed by atoms with Crippen molar-refractivity contribution in [2.75, 3.05) is 5.73 Å². The molecule has 0 saturated heterocycles. The molecule has 0 amide bonds. The standard InChI is InChI=1S/C4H4ClN3O/c5-3-2(6)4(9)8-1-7-3/h1H,6H2,(H,7,8,9). The fourth-order valence-electron chi connectivity index (χ4n) is 0.389. The van der Waals surface area contributed by atoms with E-state index in [2.05, 4.69) is 9.97 Å². The Balaban J connectivity index is 3.43. The molecule has 0 atom stereocenters. The lowest BCUT2D eigenvalue weighted by atomic mass is 10.5. The number of H-pyrrole nitrogens is 1. The first-order chi connectivity index (χ1) is 4.22. The molecule has 0 fully saturated rings. The zero-order chi connectivity index (χ0) is 6.85. The van der Waals surface area contributed by atoms with Crippen LogP contribution in [0.5, 0.6) is 0 Å². The molecule has 1 aromatic heterocycles. The molecule has 5 heteroatoms. The molecule has 0 aliphatic carbocycles. The summed E-state index contributed by atoms with van der Waals surface area (Å²) in [6.07, 6.45) is 1.20. The largest absolute Gasteiger partial charge is 0.392 e. The predicted octanol–water partition coefficient (Wildman–Crippen LogP) is 0.00550. The monoisotopic (exact) mass is 145 g/mol. The van der Waals surface area contributed by atoms with E-state index in [-0.39, 0.29) is 10.8 Å². The molecule has 0 unspecified atom stereocenters. The Hall–Kier alpha value is -1.03. The Morgan fingerprint density at radius 2 is 2.44 bits per heavy atom. The quantitative estimate of drug-likeness (QED) is 0.505. The number of anilines is 1. The maximum atomic E-state index is 10.5. The van der Waals surface area contributed by atoms with E-state index in [1.165, 1.54) is 6.33 Å². The highest BCUT2D eigenvalue weighted by molar-refractivity contribution is 6.31. The number of nitrogens with zero attached hydrogens (tertiary/aromatic N) is 1. The summed E-state index contributed by atoms with van der Waals surface area (Å²) in [5.41, 5.74) is 4.69. The van der Waals surface area contributed by atoms with Crippen molar-refractivity contribution in [3.8, 4) is 0 Å². The van der Waals surface area contributed by atoms with Gasteiger partial charge in [0.1, 0.15) is 5.69 Å². The van der Waals surface area contributed by atoms with Crippen LogP contribution in [0.3, 0.4) is 0 Å². The molecular formula is C4H4ClN3O. The summed E-state index contributed by atoms with van der Waals surface area (Å²) in [5, 5.41) is 0.0405. The van der Waals surface area contributed by atoms with Crippen molar-refractivity contribution in [1.82, 2.24) is 9.97 Å². The van der Waals surface area contributed by atoms with Crippen molar-refractivity contribution in [2.45, 2.75) is 0 Å². The molecule has 1 heterocycles. The zero-order valence-corrected chi connectivity index (χ0v) is 5.14. The van der Waals surface area contributed by atoms with Crippen LogP contribution in [0.2, 0.25) is 5.15 Å². The second-order valence-corrected chi connectivity index (χ2v) is 1.79. The van der Waals surface area contributed by atoms with Crippen LogP contribution in [0.4, 0.5) is 5.69 Å². The number of nitrogen functional groups attached to an aromatic ring is 1. The van der Waals surface area contributed by atoms with E-state index in [1.807, 2.05) is 0 Å². The molecule has 48 valence electrons. The van der Waals surface area contributed by atoms with E-state index in [4.69, 9.17) is 17.3 Å². The number of nitrogens with two attached hydrogens (primary N) is 1. The molecule has 0 bridgehead atoms. The van der Waals surface area contributed by atoms with Crippen LogP contribution in [0.1, 0.15) is 0 Å². The van der Waals surface area contributed by atoms with E-state index in [0.29, 0.717) is 0 Å². The van der Waals surface area contributed by atoms with Gasteiger partial charge in [-0.2, -0.15) is 0 Å². The predicted molar refractivity (Wildman–Crippen MR) is 34.3 cm³/mol. The van der Waals surface area contributed by atoms with Gasteiger partial charge in [0.15, 0.2) is 5.15 Å². The van der Waals surface area contributed by atoms with Crippen LogP contribution in [0.15, 0.2) is 11.1 Å². The van der Waals surface area contributed by atoms with Crippen molar-refractivity contribution >= 4 is 17.3 Å². The minimum Gasteiger partial charge on any atom is -0.392 e. The van der Waals surface area contributed by atoms with E-state index >= 15 is 0 Å². The topological polar surface area (TPSA) is 71.8 Å². The van der Waals surface area contributed by atoms with Gasteiger partial charge in [0.25, 0.3) is 5.56 Å². The molecule has 0 spiro atoms. The lowest BCUT2D eigenvalue weighted by Gasteiger charge is -1.90. The van der Waals surface area contributed by atoms with Gasteiger partial charge in [0.05, 0.1) is 6.33 Å². The van der Waals surface area contributed by atoms with Crippen molar-refractivity contribution in [3.63, 3.8) is 0 Å². The summed E-state index contributed by atoms with van der Waals surface area (Å²) in [5.74, 6) is 0. The summed E-state index contributed by atoms with van der Waals surface area (Å²) in [4.78, 5) is 16.3. The summed E-state index contributed by atoms with van der Waals surface area (Å²) >= 11 is 5.36. The van der Waals surface area contributed by atoms with Gasteiger partial charge >= 0.3 is 0 Å². The van der Waals surface area contributed by atoms with Crippen LogP contribution in [0.25, 0.3) is 0 Å². The normalized spacial score (nSPS) is 9.44. The van der Waals surface area contributed by atoms with Gasteiger partial charge in [0, 0.05) is 0 Å². The number of nitrogens with one attached hydrogen (secondary N) is 1. The van der Waals surface area contributed by atoms with Crippen molar-refractivity contribution < 1.29 is 0 Å². The minimum absolute atomic E-state index is 0.0405. The fourth-order valence-corrected chi connectivity index (χ4v) is 0.523. The third-order valence-corrected chi connectivity index (χ3v) is 1.14. The highest BCUT2D eigenvalue weighted by Crippen LogP contribution is 2.05. The zero-order valence-electron chi connectivity index (χ0n) is 4.39. The Bertz CT molecular complexity index is 269. The van der Waals surface area contributed by atoms with Crippen LogP contribution in [-0.2, 0) is 0 Å². The minimum atomic E-state index is -0.407. The number of aromatic amines is 1. The number of aromatic nitrogens is 2. The molecule has 1 rings (SSSR count). The summed E-state index contributed by atoms with van der Waals surface area (Å²) in [7, 11) is 0. The third kappa shape index (κ3) is 1.02. The highest BCUT2D eigenvalue weighted by Gasteiger charge is 1.97. The van der Waals surface area contributed by atoms with Gasteiger partial charge in [-0.25, -0.2) is 4.98 Å². The SMILES string of the molecule is Nc1c(Cl)nc[nH]c1=O. The van der Waals surface area contributed by atoms with E-state index in [9.17, 15) is 4.79 Å². The summed E-state index contributed by atoms with van der Waals surface area (Å²) < 4.78 is 0. The van der Waals surface area contributed by atoms with E-state index in [1.54, 1.807) is 0 Å². The lowest BCUT2D eigenvalue weighted by Crippen LogP contribution is -2.11. The van der Waals surface area contributed by atoms with Crippen molar-refractivity contribution in [1.29, 1.82) is 0 Å². The second-order valence-electron chi connectivity index (χ2n) is 1.44. The Kier molecular flexibility index (Phi) is 1.40. The Morgan fingerprint density at radius 3 is 2.89 bits per heavy atom. The lowest BCUT2D eigenvalue weighted by molar-refractivity contribution is 1.12. The first-order valence-electron chi connectivity index (χ1n) is 2.20. The molecule has 9 heavy (non-hydrogen) atoms. The number of halogens is 1. The van der Waals surface area contributed by atoms with Gasteiger partial charge in [-0.1, -0.05) is 11.6 Å². The average Bonchev–Trinajstić information content (AvgIpc) is 1.83. The van der Waals surface area contributed by atoms with Gasteiger partial charge in [0.2, 0.25) is 0 Å². The van der Waals surface area contributed by atoms with Crippen molar-refractivity contribution in [3.05, 3.63) is 21.8 Å². The number of hydrogen-bond acceptors (Lipinski definition) is 3. The maximum Gasteiger partial charge on any atom is 0.275 e. The molecule has 0 aromatic carbocycles. The second kappa shape index (κ2) is 2.06. The molecule has 0 saturated carbocycles. The van der Waals surface area contributed by atoms with Crippen molar-refractivity contribution in [2.24, 2.45) is 0 Å². The van der Waals surface area contributed by atoms with E-state index < -0.39 is 5.56 Å². The van der Waals surface area contributed by atoms with Gasteiger partial charge in [-0.15, -0.1) is 0 Å². The molecule has 0 radical (unpaired) electrons.